The molecule has 0 aliphatic heterocycles. The summed E-state index contributed by atoms with van der Waals surface area (Å²) >= 11 is 0. The SMILES string of the molecule is CC.CCOC1(C(F)(F)F)CC(C(=O)O)C1. The summed E-state index contributed by atoms with van der Waals surface area (Å²) in [5.41, 5.74) is -2.22. The van der Waals surface area contributed by atoms with E-state index in [1.807, 2.05) is 13.8 Å². The molecule has 0 aromatic heterocycles. The lowest BCUT2D eigenvalue weighted by molar-refractivity contribution is -0.313. The Morgan fingerprint density at radius 1 is 1.44 bits per heavy atom. The van der Waals surface area contributed by atoms with Gasteiger partial charge in [0.25, 0.3) is 0 Å². The van der Waals surface area contributed by atoms with Crippen molar-refractivity contribution >= 4 is 5.97 Å². The molecule has 0 heterocycles. The first kappa shape index (κ1) is 15.2. The molecule has 0 unspecified atom stereocenters. The van der Waals surface area contributed by atoms with Crippen molar-refractivity contribution in [2.24, 2.45) is 5.92 Å². The van der Waals surface area contributed by atoms with E-state index in [4.69, 9.17) is 5.11 Å². The van der Waals surface area contributed by atoms with Crippen molar-refractivity contribution in [2.45, 2.75) is 45.4 Å². The van der Waals surface area contributed by atoms with Gasteiger partial charge in [-0.15, -0.1) is 0 Å². The summed E-state index contributed by atoms with van der Waals surface area (Å²) in [4.78, 5) is 10.4. The maximum absolute atomic E-state index is 12.5. The zero-order chi connectivity index (χ0) is 13.0. The minimum Gasteiger partial charge on any atom is -0.481 e. The molecule has 6 heteroatoms. The Morgan fingerprint density at radius 2 is 1.88 bits per heavy atom. The molecule has 0 aromatic carbocycles. The van der Waals surface area contributed by atoms with Crippen molar-refractivity contribution in [3.63, 3.8) is 0 Å². The van der Waals surface area contributed by atoms with Crippen molar-refractivity contribution < 1.29 is 27.8 Å². The number of carbonyl (C=O) groups is 1. The lowest BCUT2D eigenvalue weighted by Gasteiger charge is -2.46. The highest BCUT2D eigenvalue weighted by atomic mass is 19.4. The van der Waals surface area contributed by atoms with Crippen molar-refractivity contribution in [3.8, 4) is 0 Å². The fourth-order valence-corrected chi connectivity index (χ4v) is 1.62. The molecule has 3 nitrogen and oxygen atoms in total. The molecule has 0 amide bonds. The maximum atomic E-state index is 12.5. The van der Waals surface area contributed by atoms with E-state index >= 15 is 0 Å². The molecule has 0 saturated heterocycles. The van der Waals surface area contributed by atoms with Gasteiger partial charge in [0, 0.05) is 6.61 Å². The zero-order valence-corrected chi connectivity index (χ0v) is 9.60. The summed E-state index contributed by atoms with van der Waals surface area (Å²) in [5, 5.41) is 8.48. The molecule has 0 atom stereocenters. The summed E-state index contributed by atoms with van der Waals surface area (Å²) in [6.45, 7) is 5.40. The third-order valence-corrected chi connectivity index (χ3v) is 2.44. The number of carboxylic acid groups (broad SMARTS) is 1. The number of carboxylic acids is 1. The summed E-state index contributed by atoms with van der Waals surface area (Å²) in [6, 6.07) is 0. The second-order valence-electron chi connectivity index (χ2n) is 3.37. The van der Waals surface area contributed by atoms with Crippen LogP contribution in [-0.2, 0) is 9.53 Å². The third-order valence-electron chi connectivity index (χ3n) is 2.44. The zero-order valence-electron chi connectivity index (χ0n) is 9.60. The van der Waals surface area contributed by atoms with Crippen LogP contribution in [0.5, 0.6) is 0 Å². The average Bonchev–Trinajstić information content (AvgIpc) is 2.11. The van der Waals surface area contributed by atoms with Crippen molar-refractivity contribution in [2.75, 3.05) is 6.61 Å². The maximum Gasteiger partial charge on any atom is 0.417 e. The molecule has 1 N–H and O–H groups in total. The van der Waals surface area contributed by atoms with Gasteiger partial charge in [0.15, 0.2) is 5.60 Å². The fourth-order valence-electron chi connectivity index (χ4n) is 1.62. The monoisotopic (exact) mass is 242 g/mol. The van der Waals surface area contributed by atoms with E-state index in [-0.39, 0.29) is 6.61 Å². The van der Waals surface area contributed by atoms with Crippen molar-refractivity contribution in [3.05, 3.63) is 0 Å². The van der Waals surface area contributed by atoms with Crippen LogP contribution in [0.4, 0.5) is 13.2 Å². The molecule has 0 bridgehead atoms. The number of ether oxygens (including phenoxy) is 1. The summed E-state index contributed by atoms with van der Waals surface area (Å²) in [6.07, 6.45) is -5.42. The van der Waals surface area contributed by atoms with Crippen LogP contribution in [0.15, 0.2) is 0 Å². The van der Waals surface area contributed by atoms with Gasteiger partial charge in [-0.1, -0.05) is 13.8 Å². The number of aliphatic carboxylic acids is 1. The van der Waals surface area contributed by atoms with Gasteiger partial charge in [-0.3, -0.25) is 4.79 Å². The molecule has 0 aromatic rings. The molecule has 1 rings (SSSR count). The molecule has 1 aliphatic rings. The quantitative estimate of drug-likeness (QED) is 0.827. The van der Waals surface area contributed by atoms with Crippen LogP contribution in [0.2, 0.25) is 0 Å². The number of halogens is 3. The molecule has 0 spiro atoms. The van der Waals surface area contributed by atoms with Gasteiger partial charge < -0.3 is 9.84 Å². The largest absolute Gasteiger partial charge is 0.481 e. The van der Waals surface area contributed by atoms with Gasteiger partial charge in [0.2, 0.25) is 0 Å². The number of hydrogen-bond acceptors (Lipinski definition) is 2. The van der Waals surface area contributed by atoms with Gasteiger partial charge in [-0.05, 0) is 19.8 Å². The molecule has 1 fully saturated rings. The van der Waals surface area contributed by atoms with Crippen LogP contribution in [0.1, 0.15) is 33.6 Å². The highest BCUT2D eigenvalue weighted by Crippen LogP contribution is 2.51. The Balaban J connectivity index is 0.00000106. The highest BCUT2D eigenvalue weighted by molar-refractivity contribution is 5.71. The topological polar surface area (TPSA) is 46.5 Å². The van der Waals surface area contributed by atoms with Crippen LogP contribution in [-0.4, -0.2) is 29.5 Å². The van der Waals surface area contributed by atoms with Crippen LogP contribution < -0.4 is 0 Å². The number of hydrogen-bond donors (Lipinski definition) is 1. The second-order valence-corrected chi connectivity index (χ2v) is 3.37. The minimum absolute atomic E-state index is 0.0636. The van der Waals surface area contributed by atoms with Gasteiger partial charge in [-0.25, -0.2) is 0 Å². The number of alkyl halides is 3. The minimum atomic E-state index is -4.48. The lowest BCUT2D eigenvalue weighted by Crippen LogP contribution is -2.58. The highest BCUT2D eigenvalue weighted by Gasteiger charge is 2.64. The average molecular weight is 242 g/mol. The van der Waals surface area contributed by atoms with Crippen LogP contribution in [0, 0.1) is 5.92 Å². The Labute approximate surface area is 92.6 Å². The number of rotatable bonds is 3. The molecule has 96 valence electrons. The second kappa shape index (κ2) is 5.52. The third kappa shape index (κ3) is 2.87. The first-order valence-corrected chi connectivity index (χ1v) is 5.26. The van der Waals surface area contributed by atoms with E-state index in [1.54, 1.807) is 0 Å². The Morgan fingerprint density at radius 3 is 2.12 bits per heavy atom. The van der Waals surface area contributed by atoms with E-state index < -0.39 is 36.5 Å². The van der Waals surface area contributed by atoms with E-state index in [2.05, 4.69) is 4.74 Å². The van der Waals surface area contributed by atoms with Gasteiger partial charge >= 0.3 is 12.1 Å². The molecular formula is C10H17F3O3. The summed E-state index contributed by atoms with van der Waals surface area (Å²) < 4.78 is 42.0. The lowest BCUT2D eigenvalue weighted by atomic mass is 9.70. The molecule has 16 heavy (non-hydrogen) atoms. The van der Waals surface area contributed by atoms with E-state index in [0.717, 1.165) is 0 Å². The van der Waals surface area contributed by atoms with E-state index in [9.17, 15) is 18.0 Å². The van der Waals surface area contributed by atoms with E-state index in [0.29, 0.717) is 0 Å². The van der Waals surface area contributed by atoms with Gasteiger partial charge in [0.1, 0.15) is 0 Å². The Hall–Kier alpha value is -0.780. The van der Waals surface area contributed by atoms with Crippen LogP contribution in [0.3, 0.4) is 0 Å². The normalized spacial score (nSPS) is 28.8. The van der Waals surface area contributed by atoms with Gasteiger partial charge in [0.05, 0.1) is 5.92 Å². The van der Waals surface area contributed by atoms with Crippen LogP contribution >= 0.6 is 0 Å². The molecule has 0 radical (unpaired) electrons. The summed E-state index contributed by atoms with van der Waals surface area (Å²) in [5.74, 6) is -2.12. The van der Waals surface area contributed by atoms with Gasteiger partial charge in [-0.2, -0.15) is 13.2 Å². The van der Waals surface area contributed by atoms with E-state index in [1.165, 1.54) is 6.92 Å². The predicted molar refractivity (Wildman–Crippen MR) is 52.1 cm³/mol. The standard InChI is InChI=1S/C8H11F3O3.C2H6/c1-2-14-7(8(9,10)11)3-5(4-7)6(12)13;1-2/h5H,2-4H2,1H3,(H,12,13);1-2H3. The van der Waals surface area contributed by atoms with Crippen molar-refractivity contribution in [1.29, 1.82) is 0 Å². The summed E-state index contributed by atoms with van der Waals surface area (Å²) in [7, 11) is 0. The van der Waals surface area contributed by atoms with Crippen LogP contribution in [0.25, 0.3) is 0 Å². The molecule has 1 aliphatic carbocycles. The smallest absolute Gasteiger partial charge is 0.417 e. The first-order chi connectivity index (χ1) is 7.32. The molecular weight excluding hydrogens is 225 g/mol. The Kier molecular flexibility index (Phi) is 5.25. The fraction of sp³-hybridized carbons (Fsp3) is 0.900. The Bertz CT molecular complexity index is 232. The predicted octanol–water partition coefficient (Wildman–Crippen LogP) is 2.84. The van der Waals surface area contributed by atoms with Crippen molar-refractivity contribution in [1.82, 2.24) is 0 Å². The first-order valence-electron chi connectivity index (χ1n) is 5.26. The molecule has 1 saturated carbocycles.